The van der Waals surface area contributed by atoms with E-state index in [1.165, 1.54) is 30.7 Å². The first-order valence-electron chi connectivity index (χ1n) is 5.36. The Kier molecular flexibility index (Phi) is 5.55. The zero-order valence-electron chi connectivity index (χ0n) is 10.3. The van der Waals surface area contributed by atoms with Crippen LogP contribution in [0, 0.1) is 5.82 Å². The summed E-state index contributed by atoms with van der Waals surface area (Å²) < 4.78 is 12.9. The second-order valence-electron chi connectivity index (χ2n) is 3.57. The van der Waals surface area contributed by atoms with E-state index in [0.717, 1.165) is 0 Å². The number of hydrogen-bond donors (Lipinski definition) is 2. The maximum absolute atomic E-state index is 12.9. The maximum Gasteiger partial charge on any atom is 0.211 e. The van der Waals surface area contributed by atoms with Crippen molar-refractivity contribution in [3.63, 3.8) is 0 Å². The molecule has 0 saturated heterocycles. The highest BCUT2D eigenvalue weighted by Gasteiger charge is 2.09. The van der Waals surface area contributed by atoms with Crippen molar-refractivity contribution in [1.29, 1.82) is 0 Å². The zero-order chi connectivity index (χ0) is 13.7. The van der Waals surface area contributed by atoms with Crippen LogP contribution in [0.5, 0.6) is 0 Å². The van der Waals surface area contributed by atoms with Crippen LogP contribution in [0.2, 0.25) is 0 Å². The van der Waals surface area contributed by atoms with E-state index in [1.54, 1.807) is 12.1 Å². The molecule has 0 aliphatic rings. The van der Waals surface area contributed by atoms with Crippen molar-refractivity contribution in [2.24, 2.45) is 21.7 Å². The Morgan fingerprint density at radius 3 is 2.30 bits per heavy atom. The Morgan fingerprint density at radius 2 is 1.75 bits per heavy atom. The van der Waals surface area contributed by atoms with Gasteiger partial charge in [-0.1, -0.05) is 0 Å². The molecule has 0 bridgehead atoms. The summed E-state index contributed by atoms with van der Waals surface area (Å²) in [4.78, 5) is 8.07. The molecular weight excluding hydrogens is 283 g/mol. The minimum absolute atomic E-state index is 0. The van der Waals surface area contributed by atoms with Crippen molar-refractivity contribution < 1.29 is 4.39 Å². The Hall–Kier alpha value is -2.54. The molecule has 0 amide bonds. The van der Waals surface area contributed by atoms with Crippen LogP contribution in [0.3, 0.4) is 0 Å². The van der Waals surface area contributed by atoms with Crippen LogP contribution in [-0.4, -0.2) is 21.6 Å². The van der Waals surface area contributed by atoms with E-state index >= 15 is 0 Å². The van der Waals surface area contributed by atoms with E-state index in [4.69, 9.17) is 11.5 Å². The number of guanidine groups is 1. The third-order valence-corrected chi connectivity index (χ3v) is 2.19. The quantitative estimate of drug-likeness (QED) is 0.502. The van der Waals surface area contributed by atoms with Crippen molar-refractivity contribution in [3.05, 3.63) is 59.9 Å². The van der Waals surface area contributed by atoms with Crippen molar-refractivity contribution in [3.8, 4) is 0 Å². The molecule has 1 aromatic carbocycles. The average molecular weight is 295 g/mol. The predicted octanol–water partition coefficient (Wildman–Crippen LogP) is 1.06. The van der Waals surface area contributed by atoms with E-state index in [0.29, 0.717) is 17.0 Å². The lowest BCUT2D eigenvalue weighted by atomic mass is 10.1. The van der Waals surface area contributed by atoms with Gasteiger partial charge in [-0.3, -0.25) is 9.97 Å². The van der Waals surface area contributed by atoms with E-state index in [1.807, 2.05) is 0 Å². The zero-order valence-corrected chi connectivity index (χ0v) is 11.1. The second-order valence-corrected chi connectivity index (χ2v) is 3.57. The van der Waals surface area contributed by atoms with Crippen LogP contribution in [0.25, 0.3) is 0 Å². The highest BCUT2D eigenvalue weighted by atomic mass is 35.5. The number of aromatic nitrogens is 2. The molecule has 2 aromatic rings. The molecule has 0 radical (unpaired) electrons. The van der Waals surface area contributed by atoms with Gasteiger partial charge in [-0.25, -0.2) is 4.39 Å². The Labute approximate surface area is 120 Å². The molecule has 1 heterocycles. The molecule has 0 saturated carbocycles. The van der Waals surface area contributed by atoms with Crippen molar-refractivity contribution >= 4 is 24.1 Å². The molecule has 0 aliphatic carbocycles. The van der Waals surface area contributed by atoms with Gasteiger partial charge in [0.2, 0.25) is 5.96 Å². The molecule has 1 aromatic heterocycles. The summed E-state index contributed by atoms with van der Waals surface area (Å²) in [7, 11) is 0. The van der Waals surface area contributed by atoms with Gasteiger partial charge in [0.15, 0.2) is 0 Å². The fraction of sp³-hybridized carbons (Fsp3) is 0. The van der Waals surface area contributed by atoms with Crippen LogP contribution in [0.1, 0.15) is 11.3 Å². The van der Waals surface area contributed by atoms with Gasteiger partial charge in [0.1, 0.15) is 17.2 Å². The summed E-state index contributed by atoms with van der Waals surface area (Å²) in [6, 6.07) is 5.75. The molecule has 4 N–H and O–H groups in total. The topological polar surface area (TPSA) is 103 Å². The standard InChI is InChI=1S/C12H11FN6.ClH/c13-9-3-1-8(2-4-9)11(18-19-12(14)15)10-7-16-5-6-17-10;/h1-7H,(H4,14,15,19);1H/b18-11-;. The molecule has 20 heavy (non-hydrogen) atoms. The van der Waals surface area contributed by atoms with Crippen molar-refractivity contribution in [2.75, 3.05) is 0 Å². The number of benzene rings is 1. The Bertz CT molecular complexity index is 608. The molecule has 2 rings (SSSR count). The SMILES string of the molecule is Cl.NC(N)=N/N=C(/c1ccc(F)cc1)c1cnccn1. The lowest BCUT2D eigenvalue weighted by molar-refractivity contribution is 0.628. The van der Waals surface area contributed by atoms with E-state index in [2.05, 4.69) is 20.2 Å². The lowest BCUT2D eigenvalue weighted by Gasteiger charge is -2.04. The van der Waals surface area contributed by atoms with Gasteiger partial charge in [0.25, 0.3) is 0 Å². The molecular formula is C12H12ClFN6. The smallest absolute Gasteiger partial charge is 0.211 e. The van der Waals surface area contributed by atoms with Gasteiger partial charge in [-0.2, -0.15) is 0 Å². The molecule has 104 valence electrons. The molecule has 8 heteroatoms. The largest absolute Gasteiger partial charge is 0.369 e. The van der Waals surface area contributed by atoms with E-state index < -0.39 is 0 Å². The van der Waals surface area contributed by atoms with Crippen LogP contribution < -0.4 is 11.5 Å². The first-order chi connectivity index (χ1) is 9.16. The molecule has 0 unspecified atom stereocenters. The highest BCUT2D eigenvalue weighted by Crippen LogP contribution is 2.09. The fourth-order valence-corrected chi connectivity index (χ4v) is 1.39. The Balaban J connectivity index is 0.00000200. The molecule has 0 spiro atoms. The number of halogens is 2. The van der Waals surface area contributed by atoms with Gasteiger partial charge in [0, 0.05) is 18.0 Å². The van der Waals surface area contributed by atoms with Crippen molar-refractivity contribution in [2.45, 2.75) is 0 Å². The summed E-state index contributed by atoms with van der Waals surface area (Å²) in [5.41, 5.74) is 12.0. The highest BCUT2D eigenvalue weighted by molar-refractivity contribution is 6.11. The number of hydrogen-bond acceptors (Lipinski definition) is 4. The van der Waals surface area contributed by atoms with E-state index in [-0.39, 0.29) is 24.2 Å². The van der Waals surface area contributed by atoms with Crippen molar-refractivity contribution in [1.82, 2.24) is 9.97 Å². The number of nitrogens with two attached hydrogens (primary N) is 2. The first kappa shape index (κ1) is 15.5. The summed E-state index contributed by atoms with van der Waals surface area (Å²) in [5, 5.41) is 7.52. The van der Waals surface area contributed by atoms with Crippen LogP contribution in [0.4, 0.5) is 4.39 Å². The number of rotatable bonds is 3. The molecule has 0 atom stereocenters. The predicted molar refractivity (Wildman–Crippen MR) is 77.1 cm³/mol. The Morgan fingerprint density at radius 1 is 1.05 bits per heavy atom. The molecule has 0 fully saturated rings. The normalized spacial score (nSPS) is 10.6. The third-order valence-electron chi connectivity index (χ3n) is 2.19. The summed E-state index contributed by atoms with van der Waals surface area (Å²) in [5.74, 6) is -0.521. The fourth-order valence-electron chi connectivity index (χ4n) is 1.39. The summed E-state index contributed by atoms with van der Waals surface area (Å²) >= 11 is 0. The molecule has 6 nitrogen and oxygen atoms in total. The van der Waals surface area contributed by atoms with E-state index in [9.17, 15) is 4.39 Å². The van der Waals surface area contributed by atoms with Gasteiger partial charge < -0.3 is 11.5 Å². The van der Waals surface area contributed by atoms with Crippen LogP contribution >= 0.6 is 12.4 Å². The first-order valence-corrected chi connectivity index (χ1v) is 5.36. The van der Waals surface area contributed by atoms with Crippen LogP contribution in [0.15, 0.2) is 53.1 Å². The summed E-state index contributed by atoms with van der Waals surface area (Å²) in [6.45, 7) is 0. The minimum atomic E-state index is -0.343. The second kappa shape index (κ2) is 7.15. The molecule has 0 aliphatic heterocycles. The third kappa shape index (κ3) is 3.99. The van der Waals surface area contributed by atoms with Crippen LogP contribution in [-0.2, 0) is 0 Å². The van der Waals surface area contributed by atoms with Gasteiger partial charge >= 0.3 is 0 Å². The monoisotopic (exact) mass is 294 g/mol. The van der Waals surface area contributed by atoms with Gasteiger partial charge in [-0.05, 0) is 24.3 Å². The summed E-state index contributed by atoms with van der Waals surface area (Å²) in [6.07, 6.45) is 4.57. The minimum Gasteiger partial charge on any atom is -0.369 e. The van der Waals surface area contributed by atoms with Gasteiger partial charge in [0.05, 0.1) is 6.20 Å². The maximum atomic E-state index is 12.9. The van der Waals surface area contributed by atoms with Gasteiger partial charge in [-0.15, -0.1) is 22.6 Å². The average Bonchev–Trinajstić information content (AvgIpc) is 2.42. The number of nitrogens with zero attached hydrogens (tertiary/aromatic N) is 4. The lowest BCUT2D eigenvalue weighted by Crippen LogP contribution is -2.22.